The predicted octanol–water partition coefficient (Wildman–Crippen LogP) is 13.6. The molecule has 0 bridgehead atoms. The molecule has 0 heterocycles. The Kier molecular flexibility index (Phi) is 27.8. The van der Waals surface area contributed by atoms with E-state index in [1.807, 2.05) is 0 Å². The molecule has 0 radical (unpaired) electrons. The van der Waals surface area contributed by atoms with Gasteiger partial charge in [-0.05, 0) is 0 Å². The summed E-state index contributed by atoms with van der Waals surface area (Å²) in [5.74, 6) is 0. The van der Waals surface area contributed by atoms with E-state index in [-0.39, 0.29) is 0 Å². The van der Waals surface area contributed by atoms with Crippen molar-refractivity contribution in [3.8, 4) is 0 Å². The normalized spacial score (nSPS) is 12.9. The third-order valence-corrected chi connectivity index (χ3v) is 16.7. The Morgan fingerprint density at radius 3 is 0.892 bits per heavy atom. The third kappa shape index (κ3) is 26.9. The molecular weight excluding hydrogens is 503 g/mol. The van der Waals surface area contributed by atoms with Crippen molar-refractivity contribution in [3.63, 3.8) is 0 Å². The summed E-state index contributed by atoms with van der Waals surface area (Å²) in [6, 6.07) is 1.30. The minimum absolute atomic E-state index is 1.11. The van der Waals surface area contributed by atoms with Crippen LogP contribution >= 0.6 is 18.3 Å². The number of rotatable bonds is 30. The van der Waals surface area contributed by atoms with Crippen LogP contribution in [0.5, 0.6) is 0 Å². The van der Waals surface area contributed by atoms with Gasteiger partial charge >= 0.3 is 244 Å². The van der Waals surface area contributed by atoms with E-state index in [4.69, 9.17) is 11.1 Å². The van der Waals surface area contributed by atoms with E-state index in [9.17, 15) is 0 Å². The topological polar surface area (TPSA) is 0 Å². The van der Waals surface area contributed by atoms with Crippen molar-refractivity contribution < 1.29 is 0 Å². The first-order valence-electron chi connectivity index (χ1n) is 17.6. The van der Waals surface area contributed by atoms with E-state index in [0.717, 1.165) is 0 Å². The zero-order chi connectivity index (χ0) is 27.5. The van der Waals surface area contributed by atoms with Crippen LogP contribution in [0.3, 0.4) is 0 Å². The molecule has 0 aromatic rings. The van der Waals surface area contributed by atoms with Crippen LogP contribution in [0.2, 0.25) is 19.1 Å². The van der Waals surface area contributed by atoms with Crippen molar-refractivity contribution >= 4 is 25.7 Å². The fourth-order valence-electron chi connectivity index (χ4n) is 6.34. The molecule has 0 aliphatic rings. The monoisotopic (exact) mass is 576 g/mol. The van der Waals surface area contributed by atoms with Gasteiger partial charge < -0.3 is 0 Å². The minimum atomic E-state index is -1.35. The summed E-state index contributed by atoms with van der Waals surface area (Å²) in [5, 5.41) is 0. The van der Waals surface area contributed by atoms with Gasteiger partial charge in [-0.3, -0.25) is 0 Å². The molecule has 0 fully saturated rings. The Morgan fingerprint density at radius 2 is 0.622 bits per heavy atom. The molecular formula is C34H74ClPSi. The molecule has 0 N–H and O–H groups in total. The summed E-state index contributed by atoms with van der Waals surface area (Å²) in [6.45, 7) is 11.6. The Morgan fingerprint density at radius 1 is 0.378 bits per heavy atom. The second-order valence-electron chi connectivity index (χ2n) is 13.4. The molecule has 37 heavy (non-hydrogen) atoms. The summed E-state index contributed by atoms with van der Waals surface area (Å²) in [7, 11) is -2.46. The Bertz CT molecular complexity index is 407. The summed E-state index contributed by atoms with van der Waals surface area (Å²) >= 11 is 6.52. The first-order valence-corrected chi connectivity index (χ1v) is 24.6. The maximum absolute atomic E-state index is 6.52. The predicted molar refractivity (Wildman–Crippen MR) is 184 cm³/mol. The molecule has 0 aliphatic carbocycles. The SMILES string of the molecule is CCCCCCCC[PH](CCCCCCCC)(CCCCCCCC)CCCCCCCC[Si](C)(C)Cl. The van der Waals surface area contributed by atoms with Gasteiger partial charge in [-0.15, -0.1) is 0 Å². The van der Waals surface area contributed by atoms with Gasteiger partial charge in [0.05, 0.1) is 0 Å². The van der Waals surface area contributed by atoms with Crippen LogP contribution < -0.4 is 0 Å². The first-order chi connectivity index (χ1) is 17.9. The van der Waals surface area contributed by atoms with Gasteiger partial charge in [-0.1, -0.05) is 0 Å². The summed E-state index contributed by atoms with van der Waals surface area (Å²) in [5.41, 5.74) is 0. The molecule has 0 aromatic carbocycles. The fraction of sp³-hybridized carbons (Fsp3) is 1.00. The summed E-state index contributed by atoms with van der Waals surface area (Å²) < 4.78 is 0. The van der Waals surface area contributed by atoms with E-state index < -0.39 is 14.6 Å². The van der Waals surface area contributed by atoms with Crippen LogP contribution in [-0.4, -0.2) is 32.0 Å². The second kappa shape index (κ2) is 27.1. The Labute approximate surface area is 243 Å². The molecule has 0 aromatic heterocycles. The van der Waals surface area contributed by atoms with Crippen LogP contribution in [0, 0.1) is 0 Å². The Balaban J connectivity index is 4.76. The van der Waals surface area contributed by atoms with Crippen molar-refractivity contribution in [1.29, 1.82) is 0 Å². The third-order valence-electron chi connectivity index (χ3n) is 8.91. The zero-order valence-electron chi connectivity index (χ0n) is 26.9. The number of hydrogen-bond acceptors (Lipinski definition) is 0. The van der Waals surface area contributed by atoms with E-state index in [1.54, 1.807) is 50.3 Å². The van der Waals surface area contributed by atoms with E-state index in [0.29, 0.717) is 0 Å². The van der Waals surface area contributed by atoms with Crippen LogP contribution in [0.4, 0.5) is 0 Å². The molecule has 0 saturated heterocycles. The van der Waals surface area contributed by atoms with Gasteiger partial charge in [0.1, 0.15) is 0 Å². The molecule has 0 spiro atoms. The molecule has 0 rings (SSSR count). The van der Waals surface area contributed by atoms with E-state index in [2.05, 4.69) is 33.9 Å². The first kappa shape index (κ1) is 37.9. The van der Waals surface area contributed by atoms with Gasteiger partial charge in [0, 0.05) is 0 Å². The van der Waals surface area contributed by atoms with Gasteiger partial charge in [0.2, 0.25) is 0 Å². The van der Waals surface area contributed by atoms with Crippen LogP contribution in [0.15, 0.2) is 0 Å². The average molecular weight is 577 g/mol. The van der Waals surface area contributed by atoms with Gasteiger partial charge in [-0.25, -0.2) is 0 Å². The number of unbranched alkanes of at least 4 members (excludes halogenated alkanes) is 20. The van der Waals surface area contributed by atoms with Crippen molar-refractivity contribution in [2.45, 2.75) is 194 Å². The van der Waals surface area contributed by atoms with Gasteiger partial charge in [0.25, 0.3) is 0 Å². The molecule has 0 amide bonds. The zero-order valence-corrected chi connectivity index (χ0v) is 29.6. The van der Waals surface area contributed by atoms with Gasteiger partial charge in [0.15, 0.2) is 0 Å². The molecule has 0 saturated carbocycles. The molecule has 0 aliphatic heterocycles. The average Bonchev–Trinajstić information content (AvgIpc) is 2.86. The van der Waals surface area contributed by atoms with Crippen LogP contribution in [0.25, 0.3) is 0 Å². The van der Waals surface area contributed by atoms with Crippen LogP contribution in [0.1, 0.15) is 175 Å². The second-order valence-corrected chi connectivity index (χ2v) is 25.4. The van der Waals surface area contributed by atoms with E-state index in [1.165, 1.54) is 134 Å². The molecule has 3 heteroatoms. The van der Waals surface area contributed by atoms with E-state index >= 15 is 0 Å². The van der Waals surface area contributed by atoms with Crippen molar-refractivity contribution in [2.75, 3.05) is 24.6 Å². The van der Waals surface area contributed by atoms with Crippen molar-refractivity contribution in [3.05, 3.63) is 0 Å². The van der Waals surface area contributed by atoms with Crippen molar-refractivity contribution in [2.24, 2.45) is 0 Å². The van der Waals surface area contributed by atoms with Gasteiger partial charge in [-0.2, -0.15) is 0 Å². The number of hydrogen-bond donors (Lipinski definition) is 0. The number of halogens is 1. The fourth-order valence-corrected chi connectivity index (χ4v) is 13.3. The summed E-state index contributed by atoms with van der Waals surface area (Å²) in [4.78, 5) is 0. The summed E-state index contributed by atoms with van der Waals surface area (Å²) in [6.07, 6.45) is 42.0. The quantitative estimate of drug-likeness (QED) is 0.0345. The Hall–Kier alpha value is 0.937. The molecule has 0 atom stereocenters. The molecule has 0 nitrogen and oxygen atoms in total. The maximum atomic E-state index is 6.52. The molecule has 0 unspecified atom stereocenters. The standard InChI is InChI=1S/C34H74ClPSi/c1-6-9-12-15-20-25-30-36(31-26-21-16-13-10-7-2,32-27-22-17-14-11-8-3)33-28-23-18-19-24-29-34-37(4,5)35/h36H,6-34H2,1-5H3. The van der Waals surface area contributed by atoms with Crippen LogP contribution in [-0.2, 0) is 0 Å². The van der Waals surface area contributed by atoms with Crippen molar-refractivity contribution in [1.82, 2.24) is 0 Å². The molecule has 226 valence electrons.